The van der Waals surface area contributed by atoms with E-state index in [1.54, 1.807) is 11.8 Å². The molecule has 0 fully saturated rings. The van der Waals surface area contributed by atoms with Gasteiger partial charge in [0.25, 0.3) is 0 Å². The molecule has 0 unspecified atom stereocenters. The minimum atomic E-state index is -0.0915. The standard InChI is InChI=1S/C14H16N4OS/c1-14(2,3)12-17-11(19-18-12)8-20-13-15-9-6-4-5-7-10(9)16-13/h4-7H,8H2,1-3H3,(H,15,16). The first kappa shape index (κ1) is 13.2. The summed E-state index contributed by atoms with van der Waals surface area (Å²) < 4.78 is 5.26. The Morgan fingerprint density at radius 2 is 2.00 bits per heavy atom. The fourth-order valence-corrected chi connectivity index (χ4v) is 2.47. The van der Waals surface area contributed by atoms with E-state index in [9.17, 15) is 0 Å². The third kappa shape index (κ3) is 2.70. The predicted octanol–water partition coefficient (Wildman–Crippen LogP) is 3.54. The fraction of sp³-hybridized carbons (Fsp3) is 0.357. The summed E-state index contributed by atoms with van der Waals surface area (Å²) in [6.45, 7) is 6.19. The van der Waals surface area contributed by atoms with Crippen molar-refractivity contribution in [2.75, 3.05) is 0 Å². The molecule has 0 spiro atoms. The quantitative estimate of drug-likeness (QED) is 0.747. The van der Waals surface area contributed by atoms with Crippen LogP contribution in [-0.2, 0) is 11.2 Å². The number of imidazole rings is 1. The van der Waals surface area contributed by atoms with Gasteiger partial charge in [-0.25, -0.2) is 4.98 Å². The second kappa shape index (κ2) is 4.94. The molecule has 1 N–H and O–H groups in total. The van der Waals surface area contributed by atoms with Gasteiger partial charge in [-0.05, 0) is 12.1 Å². The van der Waals surface area contributed by atoms with Crippen molar-refractivity contribution in [1.82, 2.24) is 20.1 Å². The molecule has 6 heteroatoms. The Bertz CT molecular complexity index is 693. The number of rotatable bonds is 3. The molecule has 0 saturated carbocycles. The van der Waals surface area contributed by atoms with Crippen LogP contribution in [0.1, 0.15) is 32.5 Å². The van der Waals surface area contributed by atoms with Crippen molar-refractivity contribution in [2.45, 2.75) is 37.1 Å². The van der Waals surface area contributed by atoms with Gasteiger partial charge in [0, 0.05) is 5.41 Å². The lowest BCUT2D eigenvalue weighted by atomic mass is 9.96. The summed E-state index contributed by atoms with van der Waals surface area (Å²) in [4.78, 5) is 12.2. The molecular weight excluding hydrogens is 272 g/mol. The molecular formula is C14H16N4OS. The monoisotopic (exact) mass is 288 g/mol. The van der Waals surface area contributed by atoms with Gasteiger partial charge < -0.3 is 9.51 Å². The highest BCUT2D eigenvalue weighted by Gasteiger charge is 2.21. The van der Waals surface area contributed by atoms with E-state index in [0.717, 1.165) is 22.0 Å². The average molecular weight is 288 g/mol. The van der Waals surface area contributed by atoms with Gasteiger partial charge in [0.15, 0.2) is 11.0 Å². The smallest absolute Gasteiger partial charge is 0.237 e. The van der Waals surface area contributed by atoms with Crippen LogP contribution in [0.5, 0.6) is 0 Å². The molecule has 3 rings (SSSR count). The van der Waals surface area contributed by atoms with Crippen LogP contribution in [0.15, 0.2) is 33.9 Å². The highest BCUT2D eigenvalue weighted by Crippen LogP contribution is 2.24. The SMILES string of the molecule is CC(C)(C)c1noc(CSc2nc3ccccc3[nH]2)n1. The van der Waals surface area contributed by atoms with Gasteiger partial charge >= 0.3 is 0 Å². The Hall–Kier alpha value is -1.82. The summed E-state index contributed by atoms with van der Waals surface area (Å²) in [7, 11) is 0. The van der Waals surface area contributed by atoms with Crippen LogP contribution in [0, 0.1) is 0 Å². The van der Waals surface area contributed by atoms with Crippen LogP contribution >= 0.6 is 11.8 Å². The third-order valence-corrected chi connectivity index (χ3v) is 3.70. The minimum absolute atomic E-state index is 0.0915. The summed E-state index contributed by atoms with van der Waals surface area (Å²) >= 11 is 1.56. The largest absolute Gasteiger partial charge is 0.338 e. The topological polar surface area (TPSA) is 67.6 Å². The number of hydrogen-bond donors (Lipinski definition) is 1. The second-order valence-corrected chi connectivity index (χ2v) is 6.57. The van der Waals surface area contributed by atoms with E-state index in [1.807, 2.05) is 24.3 Å². The van der Waals surface area contributed by atoms with E-state index in [-0.39, 0.29) is 5.41 Å². The minimum Gasteiger partial charge on any atom is -0.338 e. The molecule has 3 aromatic rings. The molecule has 20 heavy (non-hydrogen) atoms. The lowest BCUT2D eigenvalue weighted by Crippen LogP contribution is -2.13. The maximum atomic E-state index is 5.26. The molecule has 104 valence electrons. The molecule has 0 bridgehead atoms. The molecule has 0 aliphatic heterocycles. The Morgan fingerprint density at radius 1 is 1.20 bits per heavy atom. The first-order chi connectivity index (χ1) is 9.52. The zero-order valence-electron chi connectivity index (χ0n) is 11.7. The van der Waals surface area contributed by atoms with Crippen LogP contribution in [-0.4, -0.2) is 20.1 Å². The molecule has 0 atom stereocenters. The molecule has 0 radical (unpaired) electrons. The maximum absolute atomic E-state index is 5.26. The number of para-hydroxylation sites is 2. The van der Waals surface area contributed by atoms with Gasteiger partial charge in [-0.3, -0.25) is 0 Å². The van der Waals surface area contributed by atoms with Crippen molar-refractivity contribution >= 4 is 22.8 Å². The van der Waals surface area contributed by atoms with Gasteiger partial charge in [-0.15, -0.1) is 0 Å². The van der Waals surface area contributed by atoms with E-state index in [2.05, 4.69) is 40.9 Å². The van der Waals surface area contributed by atoms with Crippen molar-refractivity contribution < 1.29 is 4.52 Å². The Labute approximate surface area is 121 Å². The number of hydrogen-bond acceptors (Lipinski definition) is 5. The molecule has 0 aliphatic rings. The van der Waals surface area contributed by atoms with Crippen LogP contribution in [0.4, 0.5) is 0 Å². The zero-order valence-corrected chi connectivity index (χ0v) is 12.5. The van der Waals surface area contributed by atoms with Crippen molar-refractivity contribution in [1.29, 1.82) is 0 Å². The highest BCUT2D eigenvalue weighted by atomic mass is 32.2. The number of nitrogens with one attached hydrogen (secondary N) is 1. The molecule has 2 aromatic heterocycles. The van der Waals surface area contributed by atoms with E-state index in [1.165, 1.54) is 0 Å². The van der Waals surface area contributed by atoms with Gasteiger partial charge in [0.2, 0.25) is 5.89 Å². The van der Waals surface area contributed by atoms with Crippen LogP contribution in [0.25, 0.3) is 11.0 Å². The van der Waals surface area contributed by atoms with Crippen molar-refractivity contribution in [3.05, 3.63) is 36.0 Å². The lowest BCUT2D eigenvalue weighted by molar-refractivity contribution is 0.373. The average Bonchev–Trinajstić information content (AvgIpc) is 3.02. The first-order valence-electron chi connectivity index (χ1n) is 6.43. The van der Waals surface area contributed by atoms with Gasteiger partial charge in [-0.2, -0.15) is 4.98 Å². The summed E-state index contributed by atoms with van der Waals surface area (Å²) in [5.41, 5.74) is 1.91. The number of fused-ring (bicyclic) bond motifs is 1. The molecule has 0 amide bonds. The van der Waals surface area contributed by atoms with Crippen molar-refractivity contribution in [2.24, 2.45) is 0 Å². The molecule has 2 heterocycles. The third-order valence-electron chi connectivity index (χ3n) is 2.84. The van der Waals surface area contributed by atoms with E-state index < -0.39 is 0 Å². The van der Waals surface area contributed by atoms with E-state index >= 15 is 0 Å². The lowest BCUT2D eigenvalue weighted by Gasteiger charge is -2.10. The summed E-state index contributed by atoms with van der Waals surface area (Å²) in [6, 6.07) is 7.96. The van der Waals surface area contributed by atoms with Gasteiger partial charge in [0.05, 0.1) is 16.8 Å². The number of nitrogens with zero attached hydrogens (tertiary/aromatic N) is 3. The Kier molecular flexibility index (Phi) is 3.25. The number of aromatic nitrogens is 4. The van der Waals surface area contributed by atoms with Crippen LogP contribution in [0.2, 0.25) is 0 Å². The molecule has 0 aliphatic carbocycles. The number of thioether (sulfide) groups is 1. The highest BCUT2D eigenvalue weighted by molar-refractivity contribution is 7.98. The summed E-state index contributed by atoms with van der Waals surface area (Å²) in [5, 5.41) is 4.88. The van der Waals surface area contributed by atoms with Crippen LogP contribution in [0.3, 0.4) is 0 Å². The Balaban J connectivity index is 1.71. The van der Waals surface area contributed by atoms with Crippen LogP contribution < -0.4 is 0 Å². The predicted molar refractivity (Wildman–Crippen MR) is 78.7 cm³/mol. The number of H-pyrrole nitrogens is 1. The van der Waals surface area contributed by atoms with Crippen molar-refractivity contribution in [3.8, 4) is 0 Å². The molecule has 5 nitrogen and oxygen atoms in total. The van der Waals surface area contributed by atoms with E-state index in [0.29, 0.717) is 11.6 Å². The number of benzene rings is 1. The second-order valence-electron chi connectivity index (χ2n) is 5.61. The van der Waals surface area contributed by atoms with Crippen molar-refractivity contribution in [3.63, 3.8) is 0 Å². The fourth-order valence-electron chi connectivity index (χ4n) is 1.75. The first-order valence-corrected chi connectivity index (χ1v) is 7.41. The number of aromatic amines is 1. The Morgan fingerprint density at radius 3 is 2.70 bits per heavy atom. The molecule has 0 saturated heterocycles. The van der Waals surface area contributed by atoms with E-state index in [4.69, 9.17) is 4.52 Å². The van der Waals surface area contributed by atoms with Gasteiger partial charge in [-0.1, -0.05) is 49.8 Å². The molecule has 1 aromatic carbocycles. The normalized spacial score (nSPS) is 12.2. The zero-order chi connectivity index (χ0) is 14.2. The summed E-state index contributed by atoms with van der Waals surface area (Å²) in [5.74, 6) is 1.97. The summed E-state index contributed by atoms with van der Waals surface area (Å²) in [6.07, 6.45) is 0. The maximum Gasteiger partial charge on any atom is 0.237 e. The van der Waals surface area contributed by atoms with Gasteiger partial charge in [0.1, 0.15) is 0 Å².